The van der Waals surface area contributed by atoms with E-state index in [4.69, 9.17) is 0 Å². The highest BCUT2D eigenvalue weighted by atomic mass is 16.2. The molecule has 1 N–H and O–H groups in total. The molecule has 0 spiro atoms. The molecule has 0 radical (unpaired) electrons. The Labute approximate surface area is 160 Å². The van der Waals surface area contributed by atoms with Gasteiger partial charge in [0.1, 0.15) is 0 Å². The van der Waals surface area contributed by atoms with Crippen molar-refractivity contribution < 1.29 is 9.59 Å². The molecule has 1 unspecified atom stereocenters. The molecule has 2 heterocycles. The number of aryl methyl sites for hydroxylation is 1. The van der Waals surface area contributed by atoms with Gasteiger partial charge in [-0.05, 0) is 55.7 Å². The summed E-state index contributed by atoms with van der Waals surface area (Å²) in [5.41, 5.74) is 3.64. The average molecular weight is 366 g/mol. The van der Waals surface area contributed by atoms with Gasteiger partial charge < -0.3 is 15.1 Å². The number of hydrogen-bond acceptors (Lipinski definition) is 4. The van der Waals surface area contributed by atoms with Crippen LogP contribution < -0.4 is 10.2 Å². The van der Waals surface area contributed by atoms with E-state index in [1.165, 1.54) is 0 Å². The molecular weight excluding hydrogens is 340 g/mol. The highest BCUT2D eigenvalue weighted by molar-refractivity contribution is 5.96. The lowest BCUT2D eigenvalue weighted by Crippen LogP contribution is -2.43. The molecule has 1 saturated heterocycles. The molecule has 1 atom stereocenters. The fraction of sp³-hybridized carbons (Fsp3) is 0.381. The number of hydrogen-bond donors (Lipinski definition) is 1. The minimum Gasteiger partial charge on any atom is -0.377 e. The van der Waals surface area contributed by atoms with Crippen molar-refractivity contribution in [1.29, 1.82) is 0 Å². The molecule has 0 saturated carbocycles. The predicted octanol–water partition coefficient (Wildman–Crippen LogP) is 2.95. The maximum atomic E-state index is 12.7. The van der Waals surface area contributed by atoms with Crippen LogP contribution in [0.2, 0.25) is 0 Å². The summed E-state index contributed by atoms with van der Waals surface area (Å²) >= 11 is 0. The lowest BCUT2D eigenvalue weighted by Gasteiger charge is -2.32. The summed E-state index contributed by atoms with van der Waals surface area (Å²) in [4.78, 5) is 33.1. The van der Waals surface area contributed by atoms with Crippen molar-refractivity contribution in [2.24, 2.45) is 5.92 Å². The number of piperidine rings is 1. The van der Waals surface area contributed by atoms with Gasteiger partial charge in [0.2, 0.25) is 5.91 Å². The molecule has 6 heteroatoms. The summed E-state index contributed by atoms with van der Waals surface area (Å²) in [6.07, 6.45) is 4.84. The largest absolute Gasteiger partial charge is 0.377 e. The molecule has 142 valence electrons. The second-order valence-corrected chi connectivity index (χ2v) is 7.21. The molecule has 6 nitrogen and oxygen atoms in total. The van der Waals surface area contributed by atoms with Crippen LogP contribution >= 0.6 is 0 Å². The molecule has 3 rings (SSSR count). The van der Waals surface area contributed by atoms with Crippen LogP contribution in [0.15, 0.2) is 42.7 Å². The highest BCUT2D eigenvalue weighted by Gasteiger charge is 2.29. The maximum absolute atomic E-state index is 12.7. The Kier molecular flexibility index (Phi) is 5.74. The summed E-state index contributed by atoms with van der Waals surface area (Å²) in [6, 6.07) is 9.33. The van der Waals surface area contributed by atoms with Crippen molar-refractivity contribution >= 4 is 23.2 Å². The average Bonchev–Trinajstić information content (AvgIpc) is 2.68. The van der Waals surface area contributed by atoms with Gasteiger partial charge in [-0.15, -0.1) is 0 Å². The van der Waals surface area contributed by atoms with Crippen LogP contribution in [0, 0.1) is 12.8 Å². The number of aromatic nitrogens is 1. The summed E-state index contributed by atoms with van der Waals surface area (Å²) in [6.45, 7) is 3.16. The third kappa shape index (κ3) is 4.45. The number of carbonyl (C=O) groups excluding carboxylic acids is 2. The van der Waals surface area contributed by atoms with E-state index in [2.05, 4.69) is 10.3 Å². The lowest BCUT2D eigenvalue weighted by atomic mass is 9.96. The van der Waals surface area contributed by atoms with Gasteiger partial charge in [0.05, 0.1) is 5.92 Å². The molecule has 27 heavy (non-hydrogen) atoms. The van der Waals surface area contributed by atoms with E-state index >= 15 is 0 Å². The van der Waals surface area contributed by atoms with E-state index in [1.54, 1.807) is 29.4 Å². The van der Waals surface area contributed by atoms with E-state index in [1.807, 2.05) is 44.1 Å². The fourth-order valence-corrected chi connectivity index (χ4v) is 3.53. The number of nitrogens with one attached hydrogen (secondary N) is 1. The molecule has 0 aliphatic carbocycles. The van der Waals surface area contributed by atoms with Gasteiger partial charge in [0, 0.05) is 56.5 Å². The van der Waals surface area contributed by atoms with Gasteiger partial charge >= 0.3 is 0 Å². The number of anilines is 2. The van der Waals surface area contributed by atoms with E-state index in [0.717, 1.165) is 29.8 Å². The number of pyridine rings is 1. The van der Waals surface area contributed by atoms with E-state index in [9.17, 15) is 9.59 Å². The Morgan fingerprint density at radius 2 is 1.93 bits per heavy atom. The zero-order valence-electron chi connectivity index (χ0n) is 16.1. The van der Waals surface area contributed by atoms with Crippen LogP contribution in [0.3, 0.4) is 0 Å². The van der Waals surface area contributed by atoms with Crippen LogP contribution in [-0.2, 0) is 4.79 Å². The Balaban J connectivity index is 1.65. The van der Waals surface area contributed by atoms with Crippen molar-refractivity contribution in [2.45, 2.75) is 19.8 Å². The molecule has 1 aliphatic rings. The van der Waals surface area contributed by atoms with E-state index in [-0.39, 0.29) is 17.7 Å². The first-order valence-corrected chi connectivity index (χ1v) is 9.24. The Morgan fingerprint density at radius 3 is 2.59 bits per heavy atom. The number of nitrogens with zero attached hydrogens (tertiary/aromatic N) is 3. The fourth-order valence-electron chi connectivity index (χ4n) is 3.53. The SMILES string of the molecule is Cc1cc(NC(=O)C2CCCN(C(=O)c3ccncc3)C2)ccc1N(C)C. The number of carbonyl (C=O) groups is 2. The van der Waals surface area contributed by atoms with Crippen molar-refractivity contribution in [2.75, 3.05) is 37.4 Å². The molecular formula is C21H26N4O2. The molecule has 2 amide bonds. The summed E-state index contributed by atoms with van der Waals surface area (Å²) in [5.74, 6) is -0.265. The molecule has 2 aromatic rings. The standard InChI is InChI=1S/C21H26N4O2/c1-15-13-18(6-7-19(15)24(2)3)23-20(26)17-5-4-12-25(14-17)21(27)16-8-10-22-11-9-16/h6-11,13,17H,4-5,12,14H2,1-3H3,(H,23,26). The smallest absolute Gasteiger partial charge is 0.253 e. The third-order valence-corrected chi connectivity index (χ3v) is 4.95. The van der Waals surface area contributed by atoms with Gasteiger partial charge in [-0.3, -0.25) is 14.6 Å². The summed E-state index contributed by atoms with van der Waals surface area (Å²) in [5, 5.41) is 3.01. The minimum absolute atomic E-state index is 0.0285. The minimum atomic E-state index is -0.196. The molecule has 1 aliphatic heterocycles. The molecule has 0 bridgehead atoms. The predicted molar refractivity (Wildman–Crippen MR) is 107 cm³/mol. The first kappa shape index (κ1) is 18.9. The van der Waals surface area contributed by atoms with Crippen LogP contribution in [0.1, 0.15) is 28.8 Å². The van der Waals surface area contributed by atoms with Gasteiger partial charge in [0.25, 0.3) is 5.91 Å². The molecule has 1 aromatic carbocycles. The Bertz CT molecular complexity index is 820. The maximum Gasteiger partial charge on any atom is 0.253 e. The zero-order valence-corrected chi connectivity index (χ0v) is 16.1. The molecule has 1 aromatic heterocycles. The van der Waals surface area contributed by atoms with Crippen molar-refractivity contribution in [3.63, 3.8) is 0 Å². The third-order valence-electron chi connectivity index (χ3n) is 4.95. The zero-order chi connectivity index (χ0) is 19.4. The summed E-state index contributed by atoms with van der Waals surface area (Å²) in [7, 11) is 3.99. The highest BCUT2D eigenvalue weighted by Crippen LogP contribution is 2.24. The van der Waals surface area contributed by atoms with E-state index in [0.29, 0.717) is 18.7 Å². The number of amides is 2. The van der Waals surface area contributed by atoms with Crippen molar-refractivity contribution in [1.82, 2.24) is 9.88 Å². The quantitative estimate of drug-likeness (QED) is 0.904. The topological polar surface area (TPSA) is 65.5 Å². The first-order valence-electron chi connectivity index (χ1n) is 9.24. The van der Waals surface area contributed by atoms with Gasteiger partial charge in [-0.2, -0.15) is 0 Å². The normalized spacial score (nSPS) is 16.7. The van der Waals surface area contributed by atoms with Crippen LogP contribution in [-0.4, -0.2) is 48.9 Å². The number of benzene rings is 1. The second kappa shape index (κ2) is 8.20. The van der Waals surface area contributed by atoms with Crippen LogP contribution in [0.4, 0.5) is 11.4 Å². The van der Waals surface area contributed by atoms with E-state index < -0.39 is 0 Å². The lowest BCUT2D eigenvalue weighted by molar-refractivity contribution is -0.121. The van der Waals surface area contributed by atoms with Gasteiger partial charge in [-0.1, -0.05) is 0 Å². The van der Waals surface area contributed by atoms with Gasteiger partial charge in [-0.25, -0.2) is 0 Å². The van der Waals surface area contributed by atoms with Crippen LogP contribution in [0.25, 0.3) is 0 Å². The second-order valence-electron chi connectivity index (χ2n) is 7.21. The Hall–Kier alpha value is -2.89. The summed E-state index contributed by atoms with van der Waals surface area (Å²) < 4.78 is 0. The molecule has 1 fully saturated rings. The number of rotatable bonds is 4. The first-order chi connectivity index (χ1) is 13.0. The number of likely N-dealkylation sites (tertiary alicyclic amines) is 1. The van der Waals surface area contributed by atoms with Gasteiger partial charge in [0.15, 0.2) is 0 Å². The monoisotopic (exact) mass is 366 g/mol. The Morgan fingerprint density at radius 1 is 1.19 bits per heavy atom. The van der Waals surface area contributed by atoms with Crippen molar-refractivity contribution in [3.8, 4) is 0 Å². The van der Waals surface area contributed by atoms with Crippen molar-refractivity contribution in [3.05, 3.63) is 53.9 Å². The van der Waals surface area contributed by atoms with Crippen LogP contribution in [0.5, 0.6) is 0 Å².